The minimum atomic E-state index is -0.264. The van der Waals surface area contributed by atoms with Crippen LogP contribution in [0.5, 0.6) is 0 Å². The van der Waals surface area contributed by atoms with E-state index in [1.807, 2.05) is 31.2 Å². The number of benzene rings is 1. The second-order valence-electron chi connectivity index (χ2n) is 4.87. The van der Waals surface area contributed by atoms with Gasteiger partial charge in [-0.15, -0.1) is 10.2 Å². The highest BCUT2D eigenvalue weighted by Gasteiger charge is 2.11. The Morgan fingerprint density at radius 3 is 2.45 bits per heavy atom. The second kappa shape index (κ2) is 7.35. The summed E-state index contributed by atoms with van der Waals surface area (Å²) in [6.07, 6.45) is 0. The quantitative estimate of drug-likeness (QED) is 0.881. The summed E-state index contributed by atoms with van der Waals surface area (Å²) < 4.78 is 1.01. The monoisotopic (exact) mass is 362 g/mol. The summed E-state index contributed by atoms with van der Waals surface area (Å²) in [7, 11) is 0. The molecule has 1 N–H and O–H groups in total. The molecule has 0 saturated carbocycles. The molecule has 0 spiro atoms. The Balaban J connectivity index is 2.11. The number of amides is 1. The lowest BCUT2D eigenvalue weighted by atomic mass is 10.2. The minimum absolute atomic E-state index is 0.264. The van der Waals surface area contributed by atoms with Gasteiger partial charge in [0.2, 0.25) is 0 Å². The first-order valence-electron chi connectivity index (χ1n) is 7.21. The highest BCUT2D eigenvalue weighted by molar-refractivity contribution is 9.10. The Bertz CT molecular complexity index is 654. The van der Waals surface area contributed by atoms with Gasteiger partial charge in [0.05, 0.1) is 0 Å². The van der Waals surface area contributed by atoms with Gasteiger partial charge < -0.3 is 10.2 Å². The molecule has 0 unspecified atom stereocenters. The zero-order valence-electron chi connectivity index (χ0n) is 12.9. The molecule has 0 radical (unpaired) electrons. The Labute approximate surface area is 138 Å². The molecule has 0 fully saturated rings. The average molecular weight is 363 g/mol. The van der Waals surface area contributed by atoms with E-state index in [1.165, 1.54) is 0 Å². The first-order valence-corrected chi connectivity index (χ1v) is 8.00. The van der Waals surface area contributed by atoms with E-state index >= 15 is 0 Å². The molecule has 1 aromatic carbocycles. The minimum Gasteiger partial charge on any atom is -0.356 e. The molecule has 1 heterocycles. The number of carbonyl (C=O) groups is 1. The molecule has 116 valence electrons. The van der Waals surface area contributed by atoms with Crippen molar-refractivity contribution in [3.05, 3.63) is 46.1 Å². The second-order valence-corrected chi connectivity index (χ2v) is 5.72. The van der Waals surface area contributed by atoms with Gasteiger partial charge in [0, 0.05) is 23.2 Å². The van der Waals surface area contributed by atoms with Crippen LogP contribution < -0.4 is 10.2 Å². The van der Waals surface area contributed by atoms with Crippen LogP contribution in [0.1, 0.15) is 29.9 Å². The number of halogens is 1. The molecule has 0 aliphatic rings. The van der Waals surface area contributed by atoms with Crippen LogP contribution in [0.3, 0.4) is 0 Å². The van der Waals surface area contributed by atoms with Crippen LogP contribution in [-0.2, 0) is 0 Å². The third-order valence-electron chi connectivity index (χ3n) is 3.39. The Morgan fingerprint density at radius 2 is 1.91 bits per heavy atom. The fourth-order valence-corrected chi connectivity index (χ4v) is 2.33. The molecule has 0 aliphatic carbocycles. The van der Waals surface area contributed by atoms with E-state index in [-0.39, 0.29) is 5.91 Å². The van der Waals surface area contributed by atoms with Crippen LogP contribution in [0.15, 0.2) is 34.8 Å². The Morgan fingerprint density at radius 1 is 1.18 bits per heavy atom. The van der Waals surface area contributed by atoms with Crippen molar-refractivity contribution in [3.8, 4) is 0 Å². The summed E-state index contributed by atoms with van der Waals surface area (Å²) in [5.41, 5.74) is 2.09. The highest BCUT2D eigenvalue weighted by atomic mass is 79.9. The van der Waals surface area contributed by atoms with Gasteiger partial charge in [-0.2, -0.15) is 0 Å². The van der Waals surface area contributed by atoms with Crippen molar-refractivity contribution in [2.24, 2.45) is 0 Å². The molecule has 1 amide bonds. The van der Waals surface area contributed by atoms with Crippen molar-refractivity contribution in [1.82, 2.24) is 10.2 Å². The van der Waals surface area contributed by atoms with Gasteiger partial charge >= 0.3 is 0 Å². The Kier molecular flexibility index (Phi) is 5.49. The first-order chi connectivity index (χ1) is 10.5. The largest absolute Gasteiger partial charge is 0.356 e. The van der Waals surface area contributed by atoms with Crippen LogP contribution in [0, 0.1) is 6.92 Å². The molecule has 0 aliphatic heterocycles. The number of nitrogens with zero attached hydrogens (tertiary/aromatic N) is 3. The third-order valence-corrected chi connectivity index (χ3v) is 4.28. The fraction of sp³-hybridized carbons (Fsp3) is 0.312. The van der Waals surface area contributed by atoms with Crippen LogP contribution in [0.2, 0.25) is 0 Å². The van der Waals surface area contributed by atoms with Crippen molar-refractivity contribution in [3.63, 3.8) is 0 Å². The van der Waals surface area contributed by atoms with Gasteiger partial charge in [0.1, 0.15) is 0 Å². The lowest BCUT2D eigenvalue weighted by molar-refractivity contribution is 0.102. The standard InChI is InChI=1S/C16H19BrN4O/c1-4-21(5-2)15-9-8-14(19-20-15)16(22)18-12-6-7-13(17)11(3)10-12/h6-10H,4-5H2,1-3H3,(H,18,22). The van der Waals surface area contributed by atoms with Gasteiger partial charge in [-0.1, -0.05) is 15.9 Å². The third kappa shape index (κ3) is 3.82. The number of rotatable bonds is 5. The van der Waals surface area contributed by atoms with Crippen molar-refractivity contribution in [2.75, 3.05) is 23.3 Å². The number of carbonyl (C=O) groups excluding carboxylic acids is 1. The Hall–Kier alpha value is -1.95. The molecule has 22 heavy (non-hydrogen) atoms. The van der Waals surface area contributed by atoms with Gasteiger partial charge in [0.15, 0.2) is 11.5 Å². The van der Waals surface area contributed by atoms with Gasteiger partial charge in [0.25, 0.3) is 5.91 Å². The van der Waals surface area contributed by atoms with Crippen LogP contribution in [0.25, 0.3) is 0 Å². The number of aromatic nitrogens is 2. The van der Waals surface area contributed by atoms with E-state index in [1.54, 1.807) is 6.07 Å². The maximum Gasteiger partial charge on any atom is 0.276 e. The number of aryl methyl sites for hydroxylation is 1. The summed E-state index contributed by atoms with van der Waals surface area (Å²) in [5.74, 6) is 0.515. The summed E-state index contributed by atoms with van der Waals surface area (Å²) in [6.45, 7) is 7.80. The van der Waals surface area contributed by atoms with Crippen molar-refractivity contribution in [2.45, 2.75) is 20.8 Å². The van der Waals surface area contributed by atoms with Crippen molar-refractivity contribution >= 4 is 33.3 Å². The number of hydrogen-bond acceptors (Lipinski definition) is 4. The molecule has 6 heteroatoms. The van der Waals surface area contributed by atoms with Gasteiger partial charge in [-0.05, 0) is 56.7 Å². The molecular weight excluding hydrogens is 344 g/mol. The van der Waals surface area contributed by atoms with E-state index in [4.69, 9.17) is 0 Å². The topological polar surface area (TPSA) is 58.1 Å². The molecule has 0 saturated heterocycles. The predicted molar refractivity (Wildman–Crippen MR) is 92.4 cm³/mol. The van der Waals surface area contributed by atoms with Crippen LogP contribution in [0.4, 0.5) is 11.5 Å². The van der Waals surface area contributed by atoms with E-state index in [0.717, 1.165) is 34.6 Å². The molecule has 0 bridgehead atoms. The van der Waals surface area contributed by atoms with E-state index < -0.39 is 0 Å². The molecule has 2 aromatic rings. The van der Waals surface area contributed by atoms with Crippen molar-refractivity contribution in [1.29, 1.82) is 0 Å². The molecule has 2 rings (SSSR count). The number of nitrogens with one attached hydrogen (secondary N) is 1. The fourth-order valence-electron chi connectivity index (χ4n) is 2.08. The summed E-state index contributed by atoms with van der Waals surface area (Å²) in [4.78, 5) is 14.3. The lowest BCUT2D eigenvalue weighted by Gasteiger charge is -2.18. The maximum atomic E-state index is 12.2. The maximum absolute atomic E-state index is 12.2. The molecular formula is C16H19BrN4O. The van der Waals surface area contributed by atoms with E-state index in [0.29, 0.717) is 5.69 Å². The zero-order valence-corrected chi connectivity index (χ0v) is 14.5. The lowest BCUT2D eigenvalue weighted by Crippen LogP contribution is -2.24. The van der Waals surface area contributed by atoms with E-state index in [9.17, 15) is 4.79 Å². The SMILES string of the molecule is CCN(CC)c1ccc(C(=O)Nc2ccc(Br)c(C)c2)nn1. The van der Waals surface area contributed by atoms with Crippen LogP contribution in [-0.4, -0.2) is 29.2 Å². The van der Waals surface area contributed by atoms with Crippen LogP contribution >= 0.6 is 15.9 Å². The molecule has 0 atom stereocenters. The summed E-state index contributed by atoms with van der Waals surface area (Å²) in [5, 5.41) is 11.0. The first kappa shape index (κ1) is 16.4. The molecule has 1 aromatic heterocycles. The van der Waals surface area contributed by atoms with Gasteiger partial charge in [-0.25, -0.2) is 0 Å². The number of hydrogen-bond donors (Lipinski definition) is 1. The normalized spacial score (nSPS) is 10.4. The zero-order chi connectivity index (χ0) is 16.1. The summed E-state index contributed by atoms with van der Waals surface area (Å²) in [6, 6.07) is 9.16. The van der Waals surface area contributed by atoms with Crippen molar-refractivity contribution < 1.29 is 4.79 Å². The summed E-state index contributed by atoms with van der Waals surface area (Å²) >= 11 is 3.44. The number of anilines is 2. The average Bonchev–Trinajstić information content (AvgIpc) is 2.53. The van der Waals surface area contributed by atoms with Gasteiger partial charge in [-0.3, -0.25) is 4.79 Å². The smallest absolute Gasteiger partial charge is 0.276 e. The highest BCUT2D eigenvalue weighted by Crippen LogP contribution is 2.20. The van der Waals surface area contributed by atoms with E-state index in [2.05, 4.69) is 50.2 Å². The molecule has 5 nitrogen and oxygen atoms in total. The predicted octanol–water partition coefficient (Wildman–Crippen LogP) is 3.65.